The summed E-state index contributed by atoms with van der Waals surface area (Å²) in [7, 11) is -6.53. The molecule has 0 aromatic heterocycles. The van der Waals surface area contributed by atoms with Crippen LogP contribution in [0, 0.1) is 0 Å². The zero-order valence-electron chi connectivity index (χ0n) is 19.9. The number of unbranched alkanes of at least 4 members (excludes halogenated alkanes) is 1. The van der Waals surface area contributed by atoms with Gasteiger partial charge in [0.15, 0.2) is 0 Å². The Hall–Kier alpha value is -2.83. The van der Waals surface area contributed by atoms with Crippen molar-refractivity contribution in [1.29, 1.82) is 0 Å². The summed E-state index contributed by atoms with van der Waals surface area (Å²) in [6, 6.07) is 13.6. The van der Waals surface area contributed by atoms with Gasteiger partial charge in [0, 0.05) is 16.6 Å². The van der Waals surface area contributed by atoms with Crippen molar-refractivity contribution in [3.63, 3.8) is 0 Å². The quantitative estimate of drug-likeness (QED) is 0.267. The SMILES string of the molecule is CCCCNS(=O)(=O)c1ccc(OC)c(NC(=O)c2cc(Cl)ccc2NS(=O)(=O)c2ccc(Cl)cc2)c1. The van der Waals surface area contributed by atoms with Crippen molar-refractivity contribution in [3.05, 3.63) is 76.3 Å². The molecule has 1 amide bonds. The molecule has 0 saturated carbocycles. The van der Waals surface area contributed by atoms with Gasteiger partial charge >= 0.3 is 0 Å². The number of benzene rings is 3. The van der Waals surface area contributed by atoms with Gasteiger partial charge in [-0.2, -0.15) is 0 Å². The molecule has 0 aliphatic heterocycles. The number of methoxy groups -OCH3 is 1. The first-order chi connectivity index (χ1) is 17.5. The number of amides is 1. The molecule has 0 unspecified atom stereocenters. The molecule has 0 aliphatic rings. The number of hydrogen-bond donors (Lipinski definition) is 3. The van der Waals surface area contributed by atoms with Crippen LogP contribution in [0.25, 0.3) is 0 Å². The number of hydrogen-bond acceptors (Lipinski definition) is 6. The summed E-state index contributed by atoms with van der Waals surface area (Å²) in [6.07, 6.45) is 1.48. The van der Waals surface area contributed by atoms with E-state index in [0.29, 0.717) is 11.4 Å². The maximum atomic E-state index is 13.3. The van der Waals surface area contributed by atoms with E-state index in [2.05, 4.69) is 14.8 Å². The standard InChI is InChI=1S/C24H25Cl2N3O6S2/c1-3-4-13-27-36(31,32)19-10-12-23(35-2)22(15-19)28-24(30)20-14-17(26)7-11-21(20)29-37(33,34)18-8-5-16(25)6-9-18/h5-12,14-15,27,29H,3-4,13H2,1-2H3,(H,28,30). The van der Waals surface area contributed by atoms with Gasteiger partial charge in [-0.05, 0) is 67.1 Å². The molecule has 0 radical (unpaired) electrons. The normalized spacial score (nSPS) is 11.7. The third-order valence-corrected chi connectivity index (χ3v) is 8.47. The summed E-state index contributed by atoms with van der Waals surface area (Å²) in [4.78, 5) is 13.1. The molecule has 3 aromatic carbocycles. The number of carbonyl (C=O) groups is 1. The van der Waals surface area contributed by atoms with Gasteiger partial charge in [0.1, 0.15) is 5.75 Å². The van der Waals surface area contributed by atoms with Crippen molar-refractivity contribution in [2.75, 3.05) is 23.7 Å². The molecule has 9 nitrogen and oxygen atoms in total. The highest BCUT2D eigenvalue weighted by Gasteiger charge is 2.22. The van der Waals surface area contributed by atoms with E-state index in [-0.39, 0.29) is 44.0 Å². The summed E-state index contributed by atoms with van der Waals surface area (Å²) in [5.41, 5.74) is -0.0698. The molecular weight excluding hydrogens is 561 g/mol. The Morgan fingerprint density at radius 2 is 1.49 bits per heavy atom. The van der Waals surface area contributed by atoms with Crippen LogP contribution in [-0.4, -0.2) is 36.4 Å². The van der Waals surface area contributed by atoms with E-state index < -0.39 is 26.0 Å². The van der Waals surface area contributed by atoms with E-state index in [1.165, 1.54) is 67.8 Å². The Labute approximate surface area is 226 Å². The minimum absolute atomic E-state index is 0.0409. The zero-order valence-corrected chi connectivity index (χ0v) is 23.1. The molecular formula is C24H25Cl2N3O6S2. The van der Waals surface area contributed by atoms with Crippen molar-refractivity contribution < 1.29 is 26.4 Å². The number of halogens is 2. The lowest BCUT2D eigenvalue weighted by atomic mass is 10.1. The van der Waals surface area contributed by atoms with Crippen LogP contribution in [0.15, 0.2) is 70.5 Å². The molecule has 3 rings (SSSR count). The predicted octanol–water partition coefficient (Wildman–Crippen LogP) is 5.13. The van der Waals surface area contributed by atoms with Crippen LogP contribution in [0.2, 0.25) is 10.0 Å². The molecule has 13 heteroatoms. The topological polar surface area (TPSA) is 131 Å². The molecule has 37 heavy (non-hydrogen) atoms. The van der Waals surface area contributed by atoms with Gasteiger partial charge in [-0.3, -0.25) is 9.52 Å². The van der Waals surface area contributed by atoms with Crippen LogP contribution < -0.4 is 19.5 Å². The predicted molar refractivity (Wildman–Crippen MR) is 145 cm³/mol. The highest BCUT2D eigenvalue weighted by molar-refractivity contribution is 7.92. The number of sulfonamides is 2. The van der Waals surface area contributed by atoms with Crippen molar-refractivity contribution in [2.45, 2.75) is 29.6 Å². The van der Waals surface area contributed by atoms with Gasteiger partial charge in [-0.25, -0.2) is 21.6 Å². The average molecular weight is 587 g/mol. The average Bonchev–Trinajstić information content (AvgIpc) is 2.85. The highest BCUT2D eigenvalue weighted by atomic mass is 35.5. The summed E-state index contributed by atoms with van der Waals surface area (Å²) in [5, 5.41) is 3.14. The Bertz CT molecular complexity index is 1500. The van der Waals surface area contributed by atoms with E-state index in [9.17, 15) is 21.6 Å². The maximum absolute atomic E-state index is 13.3. The summed E-state index contributed by atoms with van der Waals surface area (Å²) in [5.74, 6) is -0.547. The maximum Gasteiger partial charge on any atom is 0.261 e. The number of rotatable bonds is 11. The van der Waals surface area contributed by atoms with Crippen LogP contribution in [-0.2, 0) is 20.0 Å². The smallest absolute Gasteiger partial charge is 0.261 e. The van der Waals surface area contributed by atoms with Gasteiger partial charge in [0.2, 0.25) is 10.0 Å². The minimum atomic E-state index is -4.07. The first kappa shape index (κ1) is 28.7. The fourth-order valence-electron chi connectivity index (χ4n) is 3.22. The second kappa shape index (κ2) is 12.1. The molecule has 0 aliphatic carbocycles. The van der Waals surface area contributed by atoms with Gasteiger partial charge in [0.25, 0.3) is 15.9 Å². The van der Waals surface area contributed by atoms with Crippen LogP contribution in [0.1, 0.15) is 30.1 Å². The fourth-order valence-corrected chi connectivity index (χ4v) is 5.70. The molecule has 0 fully saturated rings. The molecule has 0 bridgehead atoms. The summed E-state index contributed by atoms with van der Waals surface area (Å²) < 4.78 is 61.2. The molecule has 0 heterocycles. The monoisotopic (exact) mass is 585 g/mol. The van der Waals surface area contributed by atoms with Crippen LogP contribution >= 0.6 is 23.2 Å². The zero-order chi connectivity index (χ0) is 27.2. The van der Waals surface area contributed by atoms with Crippen molar-refractivity contribution in [2.24, 2.45) is 0 Å². The third-order valence-electron chi connectivity index (χ3n) is 5.15. The van der Waals surface area contributed by atoms with Crippen LogP contribution in [0.5, 0.6) is 5.75 Å². The highest BCUT2D eigenvalue weighted by Crippen LogP contribution is 2.30. The minimum Gasteiger partial charge on any atom is -0.495 e. The third kappa shape index (κ3) is 7.36. The van der Waals surface area contributed by atoms with E-state index in [0.717, 1.165) is 6.42 Å². The van der Waals surface area contributed by atoms with E-state index in [1.54, 1.807) is 0 Å². The number of ether oxygens (including phenoxy) is 1. The van der Waals surface area contributed by atoms with Crippen molar-refractivity contribution >= 4 is 60.5 Å². The lowest BCUT2D eigenvalue weighted by Gasteiger charge is -2.16. The Morgan fingerprint density at radius 1 is 0.838 bits per heavy atom. The summed E-state index contributed by atoms with van der Waals surface area (Å²) in [6.45, 7) is 2.21. The van der Waals surface area contributed by atoms with E-state index in [1.807, 2.05) is 6.92 Å². The second-order valence-electron chi connectivity index (χ2n) is 7.82. The lowest BCUT2D eigenvalue weighted by Crippen LogP contribution is -2.25. The molecule has 0 saturated heterocycles. The first-order valence-corrected chi connectivity index (χ1v) is 14.8. The number of carbonyl (C=O) groups excluding carboxylic acids is 1. The molecule has 198 valence electrons. The van der Waals surface area contributed by atoms with E-state index >= 15 is 0 Å². The largest absolute Gasteiger partial charge is 0.495 e. The van der Waals surface area contributed by atoms with E-state index in [4.69, 9.17) is 27.9 Å². The van der Waals surface area contributed by atoms with Crippen LogP contribution in [0.3, 0.4) is 0 Å². The number of nitrogens with one attached hydrogen (secondary N) is 3. The molecule has 0 atom stereocenters. The molecule has 0 spiro atoms. The van der Waals surface area contributed by atoms with Gasteiger partial charge in [0.05, 0.1) is 33.8 Å². The molecule has 3 N–H and O–H groups in total. The van der Waals surface area contributed by atoms with Gasteiger partial charge in [-0.1, -0.05) is 36.5 Å². The fraction of sp³-hybridized carbons (Fsp3) is 0.208. The van der Waals surface area contributed by atoms with Crippen molar-refractivity contribution in [3.8, 4) is 5.75 Å². The number of anilines is 2. The van der Waals surface area contributed by atoms with Gasteiger partial charge in [-0.15, -0.1) is 0 Å². The Kier molecular flexibility index (Phi) is 9.43. The summed E-state index contributed by atoms with van der Waals surface area (Å²) >= 11 is 11.9. The lowest BCUT2D eigenvalue weighted by molar-refractivity contribution is 0.102. The Balaban J connectivity index is 1.93. The van der Waals surface area contributed by atoms with Crippen LogP contribution in [0.4, 0.5) is 11.4 Å². The second-order valence-corrected chi connectivity index (χ2v) is 12.1. The first-order valence-electron chi connectivity index (χ1n) is 11.0. The van der Waals surface area contributed by atoms with Gasteiger partial charge < -0.3 is 10.1 Å². The Morgan fingerprint density at radius 3 is 2.14 bits per heavy atom. The van der Waals surface area contributed by atoms with Crippen molar-refractivity contribution in [1.82, 2.24) is 4.72 Å². The molecule has 3 aromatic rings.